The van der Waals surface area contributed by atoms with Crippen molar-refractivity contribution in [1.82, 2.24) is 0 Å². The van der Waals surface area contributed by atoms with E-state index in [-0.39, 0.29) is 12.7 Å². The highest BCUT2D eigenvalue weighted by molar-refractivity contribution is 9.10. The topological polar surface area (TPSA) is 43.7 Å². The van der Waals surface area contributed by atoms with E-state index in [0.29, 0.717) is 11.8 Å². The Labute approximate surface area is 116 Å². The van der Waals surface area contributed by atoms with Gasteiger partial charge in [-0.3, -0.25) is 0 Å². The van der Waals surface area contributed by atoms with Gasteiger partial charge in [-0.2, -0.15) is 0 Å². The van der Waals surface area contributed by atoms with E-state index in [1.165, 1.54) is 5.69 Å². The third kappa shape index (κ3) is 2.06. The minimum atomic E-state index is -0.115. The van der Waals surface area contributed by atoms with Gasteiger partial charge in [-0.1, -0.05) is 6.07 Å². The van der Waals surface area contributed by atoms with Gasteiger partial charge in [0, 0.05) is 23.5 Å². The van der Waals surface area contributed by atoms with Crippen molar-refractivity contribution in [3.05, 3.63) is 28.2 Å². The Morgan fingerprint density at radius 1 is 1.28 bits per heavy atom. The van der Waals surface area contributed by atoms with Gasteiger partial charge in [-0.15, -0.1) is 0 Å². The lowest BCUT2D eigenvalue weighted by Gasteiger charge is -2.22. The maximum Gasteiger partial charge on any atom is 0.0682 e. The lowest BCUT2D eigenvalue weighted by molar-refractivity contribution is 0.133. The van der Waals surface area contributed by atoms with Crippen LogP contribution in [0.1, 0.15) is 18.4 Å². The molecule has 3 atom stereocenters. The fourth-order valence-electron chi connectivity index (χ4n) is 3.34. The van der Waals surface area contributed by atoms with Gasteiger partial charge >= 0.3 is 0 Å². The lowest BCUT2D eigenvalue weighted by Crippen LogP contribution is -2.24. The van der Waals surface area contributed by atoms with E-state index >= 15 is 0 Å². The molecule has 0 bridgehead atoms. The quantitative estimate of drug-likeness (QED) is 0.879. The Hall–Kier alpha value is -0.580. The Morgan fingerprint density at radius 2 is 2.11 bits per heavy atom. The van der Waals surface area contributed by atoms with E-state index in [0.717, 1.165) is 36.0 Å². The minimum Gasteiger partial charge on any atom is -0.393 e. The van der Waals surface area contributed by atoms with Gasteiger partial charge in [-0.25, -0.2) is 0 Å². The van der Waals surface area contributed by atoms with Crippen LogP contribution < -0.4 is 4.90 Å². The zero-order chi connectivity index (χ0) is 12.7. The van der Waals surface area contributed by atoms with Gasteiger partial charge in [0.1, 0.15) is 0 Å². The Kier molecular flexibility index (Phi) is 3.34. The number of rotatable bonds is 2. The number of fused-ring (bicyclic) bond motifs is 1. The highest BCUT2D eigenvalue weighted by Crippen LogP contribution is 2.41. The van der Waals surface area contributed by atoms with Crippen LogP contribution in [0.4, 0.5) is 5.69 Å². The van der Waals surface area contributed by atoms with E-state index < -0.39 is 0 Å². The number of aliphatic hydroxyl groups is 2. The van der Waals surface area contributed by atoms with Crippen molar-refractivity contribution < 1.29 is 10.2 Å². The number of halogens is 1. The zero-order valence-corrected chi connectivity index (χ0v) is 11.8. The number of hydrogen-bond acceptors (Lipinski definition) is 3. The molecule has 0 aromatic heterocycles. The lowest BCUT2D eigenvalue weighted by atomic mass is 10.00. The highest BCUT2D eigenvalue weighted by Gasteiger charge is 2.42. The van der Waals surface area contributed by atoms with Crippen LogP contribution >= 0.6 is 15.9 Å². The molecule has 98 valence electrons. The summed E-state index contributed by atoms with van der Waals surface area (Å²) in [6.45, 7) is 2.06. The van der Waals surface area contributed by atoms with Gasteiger partial charge < -0.3 is 15.1 Å². The normalized spacial score (nSPS) is 30.8. The molecule has 1 saturated heterocycles. The van der Waals surface area contributed by atoms with E-state index in [2.05, 4.69) is 26.9 Å². The van der Waals surface area contributed by atoms with Gasteiger partial charge in [-0.05, 0) is 52.4 Å². The molecule has 1 aromatic carbocycles. The molecular weight excluding hydrogens is 294 g/mol. The molecule has 1 aliphatic carbocycles. The molecule has 4 heteroatoms. The van der Waals surface area contributed by atoms with Crippen LogP contribution in [0.3, 0.4) is 0 Å². The second-order valence-electron chi connectivity index (χ2n) is 5.42. The number of aliphatic hydroxyl groups excluding tert-OH is 2. The molecule has 1 heterocycles. The summed E-state index contributed by atoms with van der Waals surface area (Å²) in [5.74, 6) is 1.08. The van der Waals surface area contributed by atoms with Gasteiger partial charge in [0.2, 0.25) is 0 Å². The summed E-state index contributed by atoms with van der Waals surface area (Å²) < 4.78 is 1.03. The molecule has 2 fully saturated rings. The Balaban J connectivity index is 1.80. The third-order valence-corrected chi connectivity index (χ3v) is 4.99. The molecule has 18 heavy (non-hydrogen) atoms. The molecule has 1 aromatic rings. The molecule has 3 nitrogen and oxygen atoms in total. The second kappa shape index (κ2) is 4.83. The molecule has 2 aliphatic rings. The first kappa shape index (κ1) is 12.5. The molecule has 1 aliphatic heterocycles. The number of anilines is 1. The summed E-state index contributed by atoms with van der Waals surface area (Å²) in [5.41, 5.74) is 2.10. The molecular formula is C14H18BrNO2. The molecule has 3 rings (SSSR count). The number of hydrogen-bond donors (Lipinski definition) is 2. The van der Waals surface area contributed by atoms with Crippen molar-refractivity contribution in [2.24, 2.45) is 11.8 Å². The van der Waals surface area contributed by atoms with Crippen molar-refractivity contribution in [3.63, 3.8) is 0 Å². The largest absolute Gasteiger partial charge is 0.393 e. The van der Waals surface area contributed by atoms with E-state index in [1.807, 2.05) is 12.1 Å². The SMILES string of the molecule is OCc1ccc(N2CC3CCC(O)C3C2)c(Br)c1. The Bertz CT molecular complexity index is 451. The standard InChI is InChI=1S/C14H18BrNO2/c15-12-5-9(8-17)1-3-13(12)16-6-10-2-4-14(18)11(10)7-16/h1,3,5,10-11,14,17-18H,2,4,6-8H2. The summed E-state index contributed by atoms with van der Waals surface area (Å²) in [4.78, 5) is 2.35. The first-order valence-electron chi connectivity index (χ1n) is 6.51. The van der Waals surface area contributed by atoms with E-state index in [9.17, 15) is 5.11 Å². The zero-order valence-electron chi connectivity index (χ0n) is 10.2. The maximum absolute atomic E-state index is 9.94. The van der Waals surface area contributed by atoms with Crippen molar-refractivity contribution in [2.45, 2.75) is 25.6 Å². The van der Waals surface area contributed by atoms with Crippen molar-refractivity contribution in [2.75, 3.05) is 18.0 Å². The predicted molar refractivity (Wildman–Crippen MR) is 74.5 cm³/mol. The van der Waals surface area contributed by atoms with Crippen LogP contribution in [0.15, 0.2) is 22.7 Å². The van der Waals surface area contributed by atoms with Crippen molar-refractivity contribution in [3.8, 4) is 0 Å². The summed E-state index contributed by atoms with van der Waals surface area (Å²) in [6, 6.07) is 5.99. The molecule has 0 radical (unpaired) electrons. The van der Waals surface area contributed by atoms with Crippen LogP contribution in [0.2, 0.25) is 0 Å². The summed E-state index contributed by atoms with van der Waals surface area (Å²) in [6.07, 6.45) is 2.00. The van der Waals surface area contributed by atoms with Crippen LogP contribution in [-0.2, 0) is 6.61 Å². The van der Waals surface area contributed by atoms with Gasteiger partial charge in [0.25, 0.3) is 0 Å². The molecule has 3 unspecified atom stereocenters. The van der Waals surface area contributed by atoms with Crippen molar-refractivity contribution in [1.29, 1.82) is 0 Å². The van der Waals surface area contributed by atoms with Crippen LogP contribution in [0, 0.1) is 11.8 Å². The second-order valence-corrected chi connectivity index (χ2v) is 6.27. The van der Waals surface area contributed by atoms with Gasteiger partial charge in [0.05, 0.1) is 18.4 Å². The first-order chi connectivity index (χ1) is 8.69. The fraction of sp³-hybridized carbons (Fsp3) is 0.571. The predicted octanol–water partition coefficient (Wildman–Crippen LogP) is 2.15. The highest BCUT2D eigenvalue weighted by atomic mass is 79.9. The fourth-order valence-corrected chi connectivity index (χ4v) is 4.02. The summed E-state index contributed by atoms with van der Waals surface area (Å²) in [5, 5.41) is 19.1. The number of benzene rings is 1. The summed E-state index contributed by atoms with van der Waals surface area (Å²) in [7, 11) is 0. The van der Waals surface area contributed by atoms with Crippen LogP contribution in [0.25, 0.3) is 0 Å². The molecule has 0 spiro atoms. The molecule has 1 saturated carbocycles. The van der Waals surface area contributed by atoms with E-state index in [1.54, 1.807) is 0 Å². The van der Waals surface area contributed by atoms with E-state index in [4.69, 9.17) is 5.11 Å². The number of nitrogens with zero attached hydrogens (tertiary/aromatic N) is 1. The first-order valence-corrected chi connectivity index (χ1v) is 7.30. The van der Waals surface area contributed by atoms with Gasteiger partial charge in [0.15, 0.2) is 0 Å². The Morgan fingerprint density at radius 3 is 2.78 bits per heavy atom. The van der Waals surface area contributed by atoms with Crippen LogP contribution in [-0.4, -0.2) is 29.4 Å². The average molecular weight is 312 g/mol. The average Bonchev–Trinajstić information content (AvgIpc) is 2.92. The third-order valence-electron chi connectivity index (χ3n) is 4.35. The molecule has 2 N–H and O–H groups in total. The summed E-state index contributed by atoms with van der Waals surface area (Å²) >= 11 is 3.58. The van der Waals surface area contributed by atoms with Crippen molar-refractivity contribution >= 4 is 21.6 Å². The molecule has 0 amide bonds. The monoisotopic (exact) mass is 311 g/mol. The minimum absolute atomic E-state index is 0.0723. The van der Waals surface area contributed by atoms with Crippen LogP contribution in [0.5, 0.6) is 0 Å². The maximum atomic E-state index is 9.94. The smallest absolute Gasteiger partial charge is 0.0682 e.